The van der Waals surface area contributed by atoms with Gasteiger partial charge in [0.25, 0.3) is 5.91 Å². The molecule has 6 nitrogen and oxygen atoms in total. The fourth-order valence-electron chi connectivity index (χ4n) is 1.86. The van der Waals surface area contributed by atoms with Crippen molar-refractivity contribution in [2.45, 2.75) is 19.4 Å². The predicted octanol–water partition coefficient (Wildman–Crippen LogP) is 1.90. The number of ether oxygens (including phenoxy) is 1. The summed E-state index contributed by atoms with van der Waals surface area (Å²) in [4.78, 5) is 23.7. The maximum Gasteiger partial charge on any atom is 0.330 e. The molecular weight excluding hydrogens is 289 g/mol. The molecule has 0 saturated heterocycles. The zero-order valence-corrected chi connectivity index (χ0v) is 12.4. The van der Waals surface area contributed by atoms with Gasteiger partial charge in [0.2, 0.25) is 0 Å². The van der Waals surface area contributed by atoms with Crippen LogP contribution in [-0.2, 0) is 9.53 Å². The monoisotopic (exact) mass is 305 g/mol. The Morgan fingerprint density at radius 2 is 1.91 bits per heavy atom. The van der Waals surface area contributed by atoms with Gasteiger partial charge in [0.05, 0.1) is 12.8 Å². The molecule has 1 aromatic carbocycles. The Bertz CT molecular complexity index is 692. The number of amides is 1. The van der Waals surface area contributed by atoms with Crippen LogP contribution in [0.15, 0.2) is 30.3 Å². The highest BCUT2D eigenvalue weighted by atomic mass is 19.1. The number of aromatic nitrogens is 2. The van der Waals surface area contributed by atoms with E-state index in [1.165, 1.54) is 39.2 Å². The Labute approximate surface area is 126 Å². The van der Waals surface area contributed by atoms with Gasteiger partial charge in [-0.05, 0) is 44.2 Å². The van der Waals surface area contributed by atoms with E-state index in [9.17, 15) is 14.0 Å². The molecule has 2 aromatic rings. The third-order valence-electron chi connectivity index (χ3n) is 3.08. The largest absolute Gasteiger partial charge is 0.467 e. The van der Waals surface area contributed by atoms with Crippen molar-refractivity contribution in [1.29, 1.82) is 0 Å². The molecule has 1 heterocycles. The second-order valence-corrected chi connectivity index (χ2v) is 5.24. The molecule has 1 amide bonds. The molecule has 0 fully saturated rings. The van der Waals surface area contributed by atoms with Crippen LogP contribution in [0, 0.1) is 5.82 Å². The average molecular weight is 305 g/mol. The van der Waals surface area contributed by atoms with E-state index < -0.39 is 17.4 Å². The molecule has 116 valence electrons. The van der Waals surface area contributed by atoms with Crippen molar-refractivity contribution in [3.05, 3.63) is 41.8 Å². The van der Waals surface area contributed by atoms with Crippen LogP contribution in [0.1, 0.15) is 24.3 Å². The minimum Gasteiger partial charge on any atom is -0.467 e. The third-order valence-corrected chi connectivity index (χ3v) is 3.08. The SMILES string of the molecule is COC(=O)C(C)(C)NC(=O)c1cc(-c2ccc(F)cc2)n[nH]1. The summed E-state index contributed by atoms with van der Waals surface area (Å²) >= 11 is 0. The number of benzene rings is 1. The smallest absolute Gasteiger partial charge is 0.330 e. The minimum atomic E-state index is -1.16. The van der Waals surface area contributed by atoms with Gasteiger partial charge in [-0.15, -0.1) is 0 Å². The molecule has 2 N–H and O–H groups in total. The normalized spacial score (nSPS) is 11.1. The zero-order valence-electron chi connectivity index (χ0n) is 12.4. The van der Waals surface area contributed by atoms with Gasteiger partial charge in [0, 0.05) is 5.56 Å². The van der Waals surface area contributed by atoms with Crippen molar-refractivity contribution in [3.8, 4) is 11.3 Å². The van der Waals surface area contributed by atoms with Gasteiger partial charge in [-0.1, -0.05) is 0 Å². The molecule has 22 heavy (non-hydrogen) atoms. The number of halogens is 1. The number of methoxy groups -OCH3 is 1. The van der Waals surface area contributed by atoms with E-state index in [0.29, 0.717) is 11.3 Å². The van der Waals surface area contributed by atoms with E-state index >= 15 is 0 Å². The summed E-state index contributed by atoms with van der Waals surface area (Å²) in [5, 5.41) is 9.15. The Hall–Kier alpha value is -2.70. The van der Waals surface area contributed by atoms with Gasteiger partial charge in [-0.25, -0.2) is 9.18 Å². The van der Waals surface area contributed by atoms with Crippen molar-refractivity contribution >= 4 is 11.9 Å². The van der Waals surface area contributed by atoms with Crippen LogP contribution in [0.25, 0.3) is 11.3 Å². The first-order valence-electron chi connectivity index (χ1n) is 6.56. The molecule has 0 aliphatic rings. The number of esters is 1. The average Bonchev–Trinajstić information content (AvgIpc) is 2.96. The highest BCUT2D eigenvalue weighted by Gasteiger charge is 2.31. The summed E-state index contributed by atoms with van der Waals surface area (Å²) in [6.07, 6.45) is 0. The van der Waals surface area contributed by atoms with Crippen LogP contribution in [0.4, 0.5) is 4.39 Å². The number of carbonyl (C=O) groups excluding carboxylic acids is 2. The lowest BCUT2D eigenvalue weighted by molar-refractivity contribution is -0.146. The fraction of sp³-hybridized carbons (Fsp3) is 0.267. The van der Waals surface area contributed by atoms with Crippen molar-refractivity contribution in [3.63, 3.8) is 0 Å². The minimum absolute atomic E-state index is 0.191. The summed E-state index contributed by atoms with van der Waals surface area (Å²) in [7, 11) is 1.25. The van der Waals surface area contributed by atoms with Gasteiger partial charge in [0.15, 0.2) is 0 Å². The summed E-state index contributed by atoms with van der Waals surface area (Å²) in [6, 6.07) is 7.27. The van der Waals surface area contributed by atoms with Gasteiger partial charge < -0.3 is 10.1 Å². The van der Waals surface area contributed by atoms with Gasteiger partial charge in [0.1, 0.15) is 17.1 Å². The number of H-pyrrole nitrogens is 1. The molecule has 0 radical (unpaired) electrons. The Balaban J connectivity index is 2.16. The molecule has 0 unspecified atom stereocenters. The van der Waals surface area contributed by atoms with E-state index in [-0.39, 0.29) is 11.5 Å². The van der Waals surface area contributed by atoms with Gasteiger partial charge in [-0.2, -0.15) is 5.10 Å². The van der Waals surface area contributed by atoms with E-state index in [1.807, 2.05) is 0 Å². The van der Waals surface area contributed by atoms with Crippen molar-refractivity contribution in [2.75, 3.05) is 7.11 Å². The second-order valence-electron chi connectivity index (χ2n) is 5.24. The lowest BCUT2D eigenvalue weighted by Gasteiger charge is -2.22. The van der Waals surface area contributed by atoms with E-state index in [2.05, 4.69) is 20.3 Å². The fourth-order valence-corrected chi connectivity index (χ4v) is 1.86. The van der Waals surface area contributed by atoms with E-state index in [1.54, 1.807) is 12.1 Å². The van der Waals surface area contributed by atoms with Gasteiger partial charge >= 0.3 is 5.97 Å². The summed E-state index contributed by atoms with van der Waals surface area (Å²) in [5.41, 5.74) is 0.203. The topological polar surface area (TPSA) is 84.1 Å². The Morgan fingerprint density at radius 3 is 2.50 bits per heavy atom. The van der Waals surface area contributed by atoms with Gasteiger partial charge in [-0.3, -0.25) is 9.89 Å². The molecule has 0 atom stereocenters. The third kappa shape index (κ3) is 3.30. The first-order valence-corrected chi connectivity index (χ1v) is 6.56. The number of rotatable bonds is 4. The maximum absolute atomic E-state index is 12.9. The first kappa shape index (κ1) is 15.7. The number of nitrogens with zero attached hydrogens (tertiary/aromatic N) is 1. The van der Waals surface area contributed by atoms with Crippen LogP contribution in [-0.4, -0.2) is 34.7 Å². The zero-order chi connectivity index (χ0) is 16.3. The lowest BCUT2D eigenvalue weighted by Crippen LogP contribution is -2.50. The van der Waals surface area contributed by atoms with Crippen molar-refractivity contribution in [1.82, 2.24) is 15.5 Å². The number of hydrogen-bond donors (Lipinski definition) is 2. The highest BCUT2D eigenvalue weighted by Crippen LogP contribution is 2.18. The number of nitrogens with one attached hydrogen (secondary N) is 2. The summed E-state index contributed by atoms with van der Waals surface area (Å²) in [6.45, 7) is 3.07. The molecule has 0 saturated carbocycles. The molecular formula is C15H16FN3O3. The number of hydrogen-bond acceptors (Lipinski definition) is 4. The van der Waals surface area contributed by atoms with Crippen LogP contribution >= 0.6 is 0 Å². The van der Waals surface area contributed by atoms with Crippen LogP contribution in [0.2, 0.25) is 0 Å². The van der Waals surface area contributed by atoms with E-state index in [4.69, 9.17) is 0 Å². The lowest BCUT2D eigenvalue weighted by atomic mass is 10.1. The Kier molecular flexibility index (Phi) is 4.25. The van der Waals surface area contributed by atoms with Crippen molar-refractivity contribution in [2.24, 2.45) is 0 Å². The number of carbonyl (C=O) groups is 2. The predicted molar refractivity (Wildman–Crippen MR) is 77.5 cm³/mol. The van der Waals surface area contributed by atoms with E-state index in [0.717, 1.165) is 0 Å². The van der Waals surface area contributed by atoms with Crippen LogP contribution in [0.3, 0.4) is 0 Å². The van der Waals surface area contributed by atoms with Crippen LogP contribution < -0.4 is 5.32 Å². The molecule has 7 heteroatoms. The molecule has 2 rings (SSSR count). The molecule has 0 bridgehead atoms. The Morgan fingerprint density at radius 1 is 1.27 bits per heavy atom. The maximum atomic E-state index is 12.9. The highest BCUT2D eigenvalue weighted by molar-refractivity contribution is 5.97. The van der Waals surface area contributed by atoms with Crippen molar-refractivity contribution < 1.29 is 18.7 Å². The summed E-state index contributed by atoms with van der Waals surface area (Å²) in [5.74, 6) is -1.40. The molecule has 0 aliphatic heterocycles. The van der Waals surface area contributed by atoms with Crippen LogP contribution in [0.5, 0.6) is 0 Å². The number of aromatic amines is 1. The standard InChI is InChI=1S/C15H16FN3O3/c1-15(2,14(21)22-3)17-13(20)12-8-11(18-19-12)9-4-6-10(16)7-5-9/h4-8H,1-3H3,(H,17,20)(H,18,19). The molecule has 0 spiro atoms. The second kappa shape index (κ2) is 5.97. The summed E-state index contributed by atoms with van der Waals surface area (Å²) < 4.78 is 17.5. The molecule has 1 aromatic heterocycles. The quantitative estimate of drug-likeness (QED) is 0.845. The first-order chi connectivity index (χ1) is 10.3. The molecule has 0 aliphatic carbocycles.